The minimum Gasteiger partial charge on any atom is -0.298 e. The van der Waals surface area contributed by atoms with Crippen LogP contribution < -0.4 is 5.56 Å². The van der Waals surface area contributed by atoms with Gasteiger partial charge in [-0.15, -0.1) is 0 Å². The number of hydrogen-bond acceptors (Lipinski definition) is 3. The van der Waals surface area contributed by atoms with Gasteiger partial charge in [-0.05, 0) is 39.7 Å². The maximum Gasteiger partial charge on any atom is 0.268 e. The van der Waals surface area contributed by atoms with Crippen molar-refractivity contribution in [2.24, 2.45) is 0 Å². The predicted octanol–water partition coefficient (Wildman–Crippen LogP) is 5.91. The number of rotatable bonds is 3. The highest BCUT2D eigenvalue weighted by Crippen LogP contribution is 2.41. The molecule has 0 radical (unpaired) electrons. The van der Waals surface area contributed by atoms with Gasteiger partial charge in [0.05, 0.1) is 15.6 Å². The van der Waals surface area contributed by atoms with Crippen molar-refractivity contribution in [1.29, 1.82) is 0 Å². The third-order valence-corrected chi connectivity index (χ3v) is 6.12. The van der Waals surface area contributed by atoms with E-state index in [9.17, 15) is 9.59 Å². The number of aldehydes is 1. The van der Waals surface area contributed by atoms with E-state index in [1.807, 2.05) is 36.4 Å². The Hall–Kier alpha value is -2.47. The van der Waals surface area contributed by atoms with Gasteiger partial charge in [-0.25, -0.2) is 4.98 Å². The molecule has 2 aromatic heterocycles. The number of carbonyl (C=O) groups excluding carboxylic acids is 1. The third-order valence-electron chi connectivity index (χ3n) is 4.41. The maximum atomic E-state index is 12.2. The van der Waals surface area contributed by atoms with Crippen LogP contribution in [0.5, 0.6) is 0 Å². The molecule has 0 aliphatic carbocycles. The molecule has 0 unspecified atom stereocenters. The summed E-state index contributed by atoms with van der Waals surface area (Å²) >= 11 is 16.6. The van der Waals surface area contributed by atoms with E-state index >= 15 is 0 Å². The highest BCUT2D eigenvalue weighted by molar-refractivity contribution is 9.10. The molecule has 0 atom stereocenters. The fourth-order valence-corrected chi connectivity index (χ4v) is 3.94. The van der Waals surface area contributed by atoms with Crippen LogP contribution in [0.3, 0.4) is 0 Å². The molecule has 0 saturated carbocycles. The Morgan fingerprint density at radius 3 is 2.39 bits per heavy atom. The number of hydrogen-bond donors (Lipinski definition) is 0. The molecule has 0 amide bonds. The summed E-state index contributed by atoms with van der Waals surface area (Å²) in [5.41, 5.74) is 3.22. The molecule has 0 saturated heterocycles. The highest BCUT2D eigenvalue weighted by Gasteiger charge is 2.14. The van der Waals surface area contributed by atoms with Gasteiger partial charge < -0.3 is 0 Å². The molecule has 138 valence electrons. The third kappa shape index (κ3) is 3.15. The van der Waals surface area contributed by atoms with Gasteiger partial charge >= 0.3 is 0 Å². The maximum absolute atomic E-state index is 12.2. The van der Waals surface area contributed by atoms with Crippen molar-refractivity contribution in [2.75, 3.05) is 0 Å². The van der Waals surface area contributed by atoms with E-state index < -0.39 is 5.56 Å². The number of fused-ring (bicyclic) bond motifs is 1. The zero-order chi connectivity index (χ0) is 19.8. The summed E-state index contributed by atoms with van der Waals surface area (Å²) in [7, 11) is 0. The average Bonchev–Trinajstić information content (AvgIpc) is 2.71. The van der Waals surface area contributed by atoms with Gasteiger partial charge in [0, 0.05) is 33.6 Å². The first kappa shape index (κ1) is 18.9. The van der Waals surface area contributed by atoms with Crippen LogP contribution in [-0.4, -0.2) is 15.7 Å². The van der Waals surface area contributed by atoms with E-state index in [2.05, 4.69) is 20.9 Å². The Balaban J connectivity index is 1.90. The topological polar surface area (TPSA) is 51.4 Å². The van der Waals surface area contributed by atoms with Gasteiger partial charge in [0.1, 0.15) is 5.65 Å². The number of halogens is 3. The molecular formula is C21H11BrCl2N2O2. The van der Waals surface area contributed by atoms with Crippen molar-refractivity contribution in [1.82, 2.24) is 9.38 Å². The van der Waals surface area contributed by atoms with Crippen LogP contribution in [0.15, 0.2) is 70.2 Å². The molecule has 7 heteroatoms. The van der Waals surface area contributed by atoms with Crippen molar-refractivity contribution >= 4 is 51.1 Å². The number of aromatic nitrogens is 2. The lowest BCUT2D eigenvalue weighted by Gasteiger charge is -2.13. The molecule has 2 heterocycles. The van der Waals surface area contributed by atoms with E-state index in [4.69, 9.17) is 23.2 Å². The largest absolute Gasteiger partial charge is 0.298 e. The van der Waals surface area contributed by atoms with Crippen LogP contribution in [0.4, 0.5) is 0 Å². The Morgan fingerprint density at radius 2 is 1.64 bits per heavy atom. The Labute approximate surface area is 178 Å². The second-order valence-electron chi connectivity index (χ2n) is 6.05. The number of pyridine rings is 1. The molecule has 0 fully saturated rings. The molecule has 0 N–H and O–H groups in total. The summed E-state index contributed by atoms with van der Waals surface area (Å²) < 4.78 is 2.12. The van der Waals surface area contributed by atoms with Gasteiger partial charge in [-0.3, -0.25) is 14.0 Å². The highest BCUT2D eigenvalue weighted by atomic mass is 79.9. The summed E-state index contributed by atoms with van der Waals surface area (Å²) in [6.45, 7) is 0. The van der Waals surface area contributed by atoms with Crippen molar-refractivity contribution in [3.05, 3.63) is 91.4 Å². The van der Waals surface area contributed by atoms with Crippen LogP contribution >= 0.6 is 39.1 Å². The standard InChI is InChI=1S/C21H11BrCl2N2O2/c22-17-6-2-5-16(20(17)24)15-4-1-3-14(19(15)23)12-7-8-26-18(9-12)25-10-13(11-27)21(26)28/h1-11H. The Kier molecular flexibility index (Phi) is 5.06. The molecule has 0 spiro atoms. The summed E-state index contributed by atoms with van der Waals surface area (Å²) in [4.78, 5) is 27.4. The minimum absolute atomic E-state index is 0.00887. The van der Waals surface area contributed by atoms with Gasteiger partial charge in [0.2, 0.25) is 0 Å². The van der Waals surface area contributed by atoms with Crippen LogP contribution in [0, 0.1) is 0 Å². The van der Waals surface area contributed by atoms with Crippen LogP contribution in [-0.2, 0) is 0 Å². The summed E-state index contributed by atoms with van der Waals surface area (Å²) in [5.74, 6) is 0. The molecule has 28 heavy (non-hydrogen) atoms. The van der Waals surface area contributed by atoms with E-state index in [1.54, 1.807) is 18.3 Å². The van der Waals surface area contributed by atoms with Crippen molar-refractivity contribution in [3.63, 3.8) is 0 Å². The van der Waals surface area contributed by atoms with Crippen molar-refractivity contribution < 1.29 is 4.79 Å². The van der Waals surface area contributed by atoms with Gasteiger partial charge in [0.25, 0.3) is 5.56 Å². The van der Waals surface area contributed by atoms with Gasteiger partial charge in [-0.1, -0.05) is 53.5 Å². The first-order valence-corrected chi connectivity index (χ1v) is 9.76. The van der Waals surface area contributed by atoms with Crippen LogP contribution in [0.2, 0.25) is 10.0 Å². The average molecular weight is 474 g/mol. The molecule has 4 nitrogen and oxygen atoms in total. The zero-order valence-electron chi connectivity index (χ0n) is 14.2. The van der Waals surface area contributed by atoms with Crippen molar-refractivity contribution in [2.45, 2.75) is 0 Å². The van der Waals surface area contributed by atoms with E-state index in [0.717, 1.165) is 26.7 Å². The predicted molar refractivity (Wildman–Crippen MR) is 115 cm³/mol. The summed E-state index contributed by atoms with van der Waals surface area (Å²) in [6, 6.07) is 14.9. The first-order chi connectivity index (χ1) is 13.5. The van der Waals surface area contributed by atoms with E-state index in [1.165, 1.54) is 10.6 Å². The van der Waals surface area contributed by atoms with Gasteiger partial charge in [0.15, 0.2) is 6.29 Å². The Morgan fingerprint density at radius 1 is 0.964 bits per heavy atom. The molecule has 0 bridgehead atoms. The number of benzene rings is 2. The van der Waals surface area contributed by atoms with Gasteiger partial charge in [-0.2, -0.15) is 0 Å². The quantitative estimate of drug-likeness (QED) is 0.347. The summed E-state index contributed by atoms with van der Waals surface area (Å²) in [6.07, 6.45) is 3.35. The first-order valence-electron chi connectivity index (χ1n) is 8.21. The lowest BCUT2D eigenvalue weighted by atomic mass is 9.99. The normalized spacial score (nSPS) is 11.0. The fraction of sp³-hybridized carbons (Fsp3) is 0. The van der Waals surface area contributed by atoms with Crippen molar-refractivity contribution in [3.8, 4) is 22.3 Å². The SMILES string of the molecule is O=Cc1cnc2cc(-c3cccc(-c4cccc(Br)c4Cl)c3Cl)ccn2c1=O. The smallest absolute Gasteiger partial charge is 0.268 e. The molecular weight excluding hydrogens is 463 g/mol. The zero-order valence-corrected chi connectivity index (χ0v) is 17.3. The second-order valence-corrected chi connectivity index (χ2v) is 7.66. The molecule has 4 aromatic rings. The lowest BCUT2D eigenvalue weighted by Crippen LogP contribution is -2.18. The summed E-state index contributed by atoms with van der Waals surface area (Å²) in [5, 5.41) is 1.12. The Bertz CT molecular complexity index is 1300. The van der Waals surface area contributed by atoms with Crippen LogP contribution in [0.1, 0.15) is 10.4 Å². The van der Waals surface area contributed by atoms with Crippen LogP contribution in [0.25, 0.3) is 27.9 Å². The number of nitrogens with zero attached hydrogens (tertiary/aromatic N) is 2. The monoisotopic (exact) mass is 472 g/mol. The lowest BCUT2D eigenvalue weighted by molar-refractivity contribution is 0.112. The van der Waals surface area contributed by atoms with E-state index in [0.29, 0.717) is 22.0 Å². The molecule has 4 rings (SSSR count). The second kappa shape index (κ2) is 7.51. The minimum atomic E-state index is -0.410. The molecule has 0 aliphatic heterocycles. The van der Waals surface area contributed by atoms with E-state index in [-0.39, 0.29) is 5.56 Å². The fourth-order valence-electron chi connectivity index (χ4n) is 3.01. The molecule has 0 aliphatic rings. The number of carbonyl (C=O) groups is 1. The molecule has 2 aromatic carbocycles.